The van der Waals surface area contributed by atoms with Gasteiger partial charge in [-0.05, 0) is 44.7 Å². The van der Waals surface area contributed by atoms with Crippen molar-refractivity contribution in [2.24, 2.45) is 5.73 Å². The number of anilines is 1. The van der Waals surface area contributed by atoms with Crippen molar-refractivity contribution in [3.05, 3.63) is 28.8 Å². The number of benzene rings is 1. The summed E-state index contributed by atoms with van der Waals surface area (Å²) in [7, 11) is 0. The second-order valence-electron chi connectivity index (χ2n) is 5.73. The lowest BCUT2D eigenvalue weighted by molar-refractivity contribution is -0.143. The third-order valence-corrected chi connectivity index (χ3v) is 3.90. The van der Waals surface area contributed by atoms with Crippen molar-refractivity contribution in [2.75, 3.05) is 18.0 Å². The van der Waals surface area contributed by atoms with E-state index in [9.17, 15) is 9.90 Å². The fourth-order valence-electron chi connectivity index (χ4n) is 3.12. The molecular formula is C15H22N2O2. The second kappa shape index (κ2) is 4.85. The van der Waals surface area contributed by atoms with Gasteiger partial charge < -0.3 is 15.7 Å². The van der Waals surface area contributed by atoms with E-state index in [0.717, 1.165) is 18.7 Å². The molecule has 0 radical (unpaired) electrons. The van der Waals surface area contributed by atoms with Gasteiger partial charge in [-0.15, -0.1) is 0 Å². The Bertz CT molecular complexity index is 490. The van der Waals surface area contributed by atoms with Crippen LogP contribution in [0.5, 0.6) is 0 Å². The molecule has 104 valence electrons. The van der Waals surface area contributed by atoms with E-state index in [4.69, 9.17) is 5.73 Å². The number of hydrogen-bond acceptors (Lipinski definition) is 3. The highest BCUT2D eigenvalue weighted by molar-refractivity contribution is 5.80. The van der Waals surface area contributed by atoms with Crippen LogP contribution >= 0.6 is 0 Å². The lowest BCUT2D eigenvalue weighted by Gasteiger charge is -2.40. The van der Waals surface area contributed by atoms with Crippen LogP contribution in [0, 0.1) is 20.8 Å². The minimum Gasteiger partial charge on any atom is -0.480 e. The van der Waals surface area contributed by atoms with Crippen LogP contribution in [0.1, 0.15) is 29.5 Å². The maximum Gasteiger partial charge on any atom is 0.325 e. The first-order valence-electron chi connectivity index (χ1n) is 6.68. The molecule has 2 rings (SSSR count). The summed E-state index contributed by atoms with van der Waals surface area (Å²) in [5.74, 6) is -0.903. The van der Waals surface area contributed by atoms with Gasteiger partial charge in [0.1, 0.15) is 5.54 Å². The third-order valence-electron chi connectivity index (χ3n) is 3.90. The molecule has 1 unspecified atom stereocenters. The molecule has 0 aromatic heterocycles. The molecule has 1 heterocycles. The Morgan fingerprint density at radius 1 is 1.32 bits per heavy atom. The number of carboxylic acid groups (broad SMARTS) is 1. The van der Waals surface area contributed by atoms with Crippen molar-refractivity contribution in [2.45, 2.75) is 39.2 Å². The van der Waals surface area contributed by atoms with Crippen LogP contribution in [0.3, 0.4) is 0 Å². The highest BCUT2D eigenvalue weighted by Crippen LogP contribution is 2.31. The molecule has 3 N–H and O–H groups in total. The van der Waals surface area contributed by atoms with E-state index in [-0.39, 0.29) is 0 Å². The molecule has 1 atom stereocenters. The van der Waals surface area contributed by atoms with Gasteiger partial charge >= 0.3 is 5.97 Å². The minimum absolute atomic E-state index is 0.382. The number of aliphatic carboxylic acids is 1. The standard InChI is InChI=1S/C15H22N2O2/c1-10-7-11(2)13(12(3)8-10)17-6-4-5-15(16,9-17)14(18)19/h7-8H,4-6,9,16H2,1-3H3,(H,18,19). The molecule has 0 spiro atoms. The molecule has 0 aliphatic carbocycles. The summed E-state index contributed by atoms with van der Waals surface area (Å²) in [5.41, 5.74) is 9.64. The summed E-state index contributed by atoms with van der Waals surface area (Å²) in [6.45, 7) is 7.47. The zero-order valence-corrected chi connectivity index (χ0v) is 11.9. The van der Waals surface area contributed by atoms with Gasteiger partial charge in [0.2, 0.25) is 0 Å². The molecule has 1 aromatic carbocycles. The van der Waals surface area contributed by atoms with Gasteiger partial charge in [0.15, 0.2) is 0 Å². The first kappa shape index (κ1) is 13.9. The van der Waals surface area contributed by atoms with E-state index in [1.807, 2.05) is 0 Å². The van der Waals surface area contributed by atoms with Crippen LogP contribution in [0.2, 0.25) is 0 Å². The molecule has 4 heteroatoms. The van der Waals surface area contributed by atoms with Gasteiger partial charge in [0, 0.05) is 18.8 Å². The summed E-state index contributed by atoms with van der Waals surface area (Å²) in [6, 6.07) is 4.27. The lowest BCUT2D eigenvalue weighted by atomic mass is 9.89. The number of piperidine rings is 1. The van der Waals surface area contributed by atoms with Crippen molar-refractivity contribution in [1.29, 1.82) is 0 Å². The number of carbonyl (C=O) groups is 1. The SMILES string of the molecule is Cc1cc(C)c(N2CCCC(N)(C(=O)O)C2)c(C)c1. The van der Waals surface area contributed by atoms with Gasteiger partial charge in [0.25, 0.3) is 0 Å². The van der Waals surface area contributed by atoms with Gasteiger partial charge in [-0.25, -0.2) is 0 Å². The summed E-state index contributed by atoms with van der Waals surface area (Å²) < 4.78 is 0. The predicted molar refractivity (Wildman–Crippen MR) is 76.7 cm³/mol. The minimum atomic E-state index is -1.12. The summed E-state index contributed by atoms with van der Waals surface area (Å²) >= 11 is 0. The molecule has 19 heavy (non-hydrogen) atoms. The number of nitrogens with two attached hydrogens (primary N) is 1. The topological polar surface area (TPSA) is 66.6 Å². The highest BCUT2D eigenvalue weighted by atomic mass is 16.4. The first-order chi connectivity index (χ1) is 8.83. The normalized spacial score (nSPS) is 23.5. The highest BCUT2D eigenvalue weighted by Gasteiger charge is 2.39. The van der Waals surface area contributed by atoms with E-state index >= 15 is 0 Å². The number of hydrogen-bond donors (Lipinski definition) is 2. The number of carboxylic acids is 1. The number of nitrogens with zero attached hydrogens (tertiary/aromatic N) is 1. The average molecular weight is 262 g/mol. The Morgan fingerprint density at radius 3 is 2.42 bits per heavy atom. The van der Waals surface area contributed by atoms with E-state index in [2.05, 4.69) is 37.8 Å². The van der Waals surface area contributed by atoms with Crippen LogP contribution in [0.15, 0.2) is 12.1 Å². The third kappa shape index (κ3) is 2.59. The number of rotatable bonds is 2. The molecule has 0 saturated carbocycles. The molecule has 1 fully saturated rings. The van der Waals surface area contributed by atoms with Crippen LogP contribution in [-0.2, 0) is 4.79 Å². The van der Waals surface area contributed by atoms with E-state index in [1.54, 1.807) is 0 Å². The van der Waals surface area contributed by atoms with E-state index in [0.29, 0.717) is 13.0 Å². The fourth-order valence-corrected chi connectivity index (χ4v) is 3.12. The number of aryl methyl sites for hydroxylation is 3. The van der Waals surface area contributed by atoms with Crippen molar-refractivity contribution < 1.29 is 9.90 Å². The smallest absolute Gasteiger partial charge is 0.325 e. The molecule has 4 nitrogen and oxygen atoms in total. The van der Waals surface area contributed by atoms with Crippen LogP contribution < -0.4 is 10.6 Å². The summed E-state index contributed by atoms with van der Waals surface area (Å²) in [4.78, 5) is 13.5. The Kier molecular flexibility index (Phi) is 3.54. The molecule has 0 bridgehead atoms. The first-order valence-corrected chi connectivity index (χ1v) is 6.68. The lowest BCUT2D eigenvalue weighted by Crippen LogP contribution is -2.59. The summed E-state index contributed by atoms with van der Waals surface area (Å²) in [6.07, 6.45) is 1.36. The predicted octanol–water partition coefficient (Wildman–Crippen LogP) is 1.99. The van der Waals surface area contributed by atoms with Crippen molar-refractivity contribution in [3.8, 4) is 0 Å². The van der Waals surface area contributed by atoms with Crippen LogP contribution in [0.25, 0.3) is 0 Å². The fraction of sp³-hybridized carbons (Fsp3) is 0.533. The second-order valence-corrected chi connectivity index (χ2v) is 5.73. The molecule has 1 saturated heterocycles. The van der Waals surface area contributed by atoms with Gasteiger partial charge in [0.05, 0.1) is 0 Å². The van der Waals surface area contributed by atoms with Crippen molar-refractivity contribution in [1.82, 2.24) is 0 Å². The average Bonchev–Trinajstić information content (AvgIpc) is 2.27. The Hall–Kier alpha value is -1.55. The van der Waals surface area contributed by atoms with Gasteiger partial charge in [-0.2, -0.15) is 0 Å². The van der Waals surface area contributed by atoms with E-state index < -0.39 is 11.5 Å². The van der Waals surface area contributed by atoms with E-state index in [1.165, 1.54) is 16.7 Å². The van der Waals surface area contributed by atoms with Crippen LogP contribution in [0.4, 0.5) is 5.69 Å². The van der Waals surface area contributed by atoms with Crippen molar-refractivity contribution in [3.63, 3.8) is 0 Å². The Labute approximate surface area is 114 Å². The molecule has 1 aliphatic heterocycles. The maximum atomic E-state index is 11.3. The molecule has 1 aliphatic rings. The Balaban J connectivity index is 2.35. The zero-order chi connectivity index (χ0) is 14.2. The van der Waals surface area contributed by atoms with Crippen LogP contribution in [-0.4, -0.2) is 29.7 Å². The quantitative estimate of drug-likeness (QED) is 0.855. The molecule has 0 amide bonds. The monoisotopic (exact) mass is 262 g/mol. The van der Waals surface area contributed by atoms with Gasteiger partial charge in [-0.1, -0.05) is 17.7 Å². The van der Waals surface area contributed by atoms with Crippen molar-refractivity contribution >= 4 is 11.7 Å². The maximum absolute atomic E-state index is 11.3. The van der Waals surface area contributed by atoms with Gasteiger partial charge in [-0.3, -0.25) is 4.79 Å². The molecule has 1 aromatic rings. The Morgan fingerprint density at radius 2 is 1.89 bits per heavy atom. The summed E-state index contributed by atoms with van der Waals surface area (Å²) in [5, 5.41) is 9.29. The molecular weight excluding hydrogens is 240 g/mol. The zero-order valence-electron chi connectivity index (χ0n) is 11.9. The largest absolute Gasteiger partial charge is 0.480 e.